The van der Waals surface area contributed by atoms with E-state index >= 15 is 0 Å². The quantitative estimate of drug-likeness (QED) is 0.875. The van der Waals surface area contributed by atoms with Crippen molar-refractivity contribution in [2.24, 2.45) is 0 Å². The predicted molar refractivity (Wildman–Crippen MR) is 76.0 cm³/mol. The lowest BCUT2D eigenvalue weighted by Gasteiger charge is -2.06. The van der Waals surface area contributed by atoms with E-state index in [9.17, 15) is 4.79 Å². The molecule has 0 amide bonds. The largest absolute Gasteiger partial charge is 0.478 e. The van der Waals surface area contributed by atoms with Crippen LogP contribution in [-0.2, 0) is 13.0 Å². The predicted octanol–water partition coefficient (Wildman–Crippen LogP) is 3.31. The van der Waals surface area contributed by atoms with Crippen molar-refractivity contribution >= 4 is 5.97 Å². The molecule has 0 saturated carbocycles. The molecule has 0 aliphatic rings. The first-order valence-electron chi connectivity index (χ1n) is 6.59. The molecule has 4 nitrogen and oxygen atoms in total. The third kappa shape index (κ3) is 3.82. The van der Waals surface area contributed by atoms with E-state index in [4.69, 9.17) is 9.84 Å². The van der Waals surface area contributed by atoms with Gasteiger partial charge in [-0.05, 0) is 23.6 Å². The summed E-state index contributed by atoms with van der Waals surface area (Å²) in [4.78, 5) is 14.7. The molecule has 1 N–H and O–H groups in total. The highest BCUT2D eigenvalue weighted by Crippen LogP contribution is 2.12. The minimum Gasteiger partial charge on any atom is -0.478 e. The van der Waals surface area contributed by atoms with Crippen LogP contribution in [0.15, 0.2) is 42.6 Å². The third-order valence-corrected chi connectivity index (χ3v) is 2.93. The van der Waals surface area contributed by atoms with E-state index in [2.05, 4.69) is 24.0 Å². The molecule has 1 heterocycles. The van der Waals surface area contributed by atoms with Crippen LogP contribution >= 0.6 is 0 Å². The number of aromatic nitrogens is 1. The van der Waals surface area contributed by atoms with Gasteiger partial charge in [-0.3, -0.25) is 0 Å². The number of hydrogen-bond acceptors (Lipinski definition) is 3. The van der Waals surface area contributed by atoms with Gasteiger partial charge in [0.2, 0.25) is 5.88 Å². The average Bonchev–Trinajstić information content (AvgIpc) is 2.47. The maximum absolute atomic E-state index is 10.7. The van der Waals surface area contributed by atoms with Gasteiger partial charge in [0.1, 0.15) is 6.61 Å². The van der Waals surface area contributed by atoms with Crippen LogP contribution in [0.3, 0.4) is 0 Å². The maximum atomic E-state index is 10.7. The van der Waals surface area contributed by atoms with Gasteiger partial charge in [0.15, 0.2) is 0 Å². The Balaban J connectivity index is 1.92. The number of nitrogens with zero attached hydrogens (tertiary/aromatic N) is 1. The van der Waals surface area contributed by atoms with Crippen LogP contribution in [0.5, 0.6) is 5.88 Å². The van der Waals surface area contributed by atoms with Crippen LogP contribution in [0, 0.1) is 0 Å². The molecular formula is C16H17NO3. The molecule has 0 aliphatic heterocycles. The molecule has 2 rings (SSSR count). The highest BCUT2D eigenvalue weighted by molar-refractivity contribution is 5.87. The van der Waals surface area contributed by atoms with E-state index in [-0.39, 0.29) is 5.56 Å². The number of carboxylic acids is 1. The molecule has 1 aromatic carbocycles. The molecule has 0 bridgehead atoms. The number of hydrogen-bond donors (Lipinski definition) is 1. The highest BCUT2D eigenvalue weighted by Gasteiger charge is 2.03. The highest BCUT2D eigenvalue weighted by atomic mass is 16.5. The Morgan fingerprint density at radius 2 is 1.85 bits per heavy atom. The van der Waals surface area contributed by atoms with Crippen LogP contribution in [0.25, 0.3) is 0 Å². The van der Waals surface area contributed by atoms with Gasteiger partial charge in [-0.25, -0.2) is 9.78 Å². The molecule has 1 aromatic heterocycles. The zero-order valence-electron chi connectivity index (χ0n) is 11.4. The fourth-order valence-corrected chi connectivity index (χ4v) is 1.84. The standard InChI is InChI=1S/C16H17NO3/c1-2-3-12-4-6-13(7-5-12)11-20-15-9-8-14(10-17-15)16(18)19/h4-10H,2-3,11H2,1H3,(H,18,19). The number of ether oxygens (including phenoxy) is 1. The number of benzene rings is 1. The van der Waals surface area contributed by atoms with Crippen LogP contribution in [0.2, 0.25) is 0 Å². The third-order valence-electron chi connectivity index (χ3n) is 2.93. The SMILES string of the molecule is CCCc1ccc(COc2ccc(C(=O)O)cn2)cc1. The number of carboxylic acid groups (broad SMARTS) is 1. The lowest BCUT2D eigenvalue weighted by Crippen LogP contribution is -2.00. The van der Waals surface area contributed by atoms with E-state index < -0.39 is 5.97 Å². The summed E-state index contributed by atoms with van der Waals surface area (Å²) in [7, 11) is 0. The number of rotatable bonds is 6. The molecule has 0 radical (unpaired) electrons. The number of pyridine rings is 1. The van der Waals surface area contributed by atoms with Crippen LogP contribution < -0.4 is 4.74 Å². The van der Waals surface area contributed by atoms with Gasteiger partial charge in [0, 0.05) is 12.3 Å². The Kier molecular flexibility index (Phi) is 4.71. The molecule has 0 fully saturated rings. The van der Waals surface area contributed by atoms with Crippen molar-refractivity contribution < 1.29 is 14.6 Å². The van der Waals surface area contributed by atoms with Crippen molar-refractivity contribution in [1.29, 1.82) is 0 Å². The van der Waals surface area contributed by atoms with Crippen LogP contribution in [0.1, 0.15) is 34.8 Å². The molecule has 104 valence electrons. The van der Waals surface area contributed by atoms with Gasteiger partial charge in [-0.15, -0.1) is 0 Å². The van der Waals surface area contributed by atoms with E-state index in [1.807, 2.05) is 12.1 Å². The second-order valence-electron chi connectivity index (χ2n) is 4.55. The summed E-state index contributed by atoms with van der Waals surface area (Å²) in [5.41, 5.74) is 2.54. The summed E-state index contributed by atoms with van der Waals surface area (Å²) in [6.45, 7) is 2.58. The molecule has 0 spiro atoms. The topological polar surface area (TPSA) is 59.4 Å². The van der Waals surface area contributed by atoms with E-state index in [1.165, 1.54) is 17.8 Å². The van der Waals surface area contributed by atoms with Crippen molar-refractivity contribution in [3.63, 3.8) is 0 Å². The molecular weight excluding hydrogens is 254 g/mol. The summed E-state index contributed by atoms with van der Waals surface area (Å²) in [6.07, 6.45) is 3.51. The minimum absolute atomic E-state index is 0.154. The lowest BCUT2D eigenvalue weighted by molar-refractivity contribution is 0.0696. The summed E-state index contributed by atoms with van der Waals surface area (Å²) >= 11 is 0. The summed E-state index contributed by atoms with van der Waals surface area (Å²) in [6, 6.07) is 11.3. The number of aromatic carboxylic acids is 1. The van der Waals surface area contributed by atoms with E-state index in [0.717, 1.165) is 18.4 Å². The summed E-state index contributed by atoms with van der Waals surface area (Å²) in [5, 5.41) is 8.77. The molecule has 0 aliphatic carbocycles. The van der Waals surface area contributed by atoms with Crippen LogP contribution in [-0.4, -0.2) is 16.1 Å². The van der Waals surface area contributed by atoms with E-state index in [1.54, 1.807) is 6.07 Å². The molecule has 20 heavy (non-hydrogen) atoms. The van der Waals surface area contributed by atoms with Gasteiger partial charge in [0.25, 0.3) is 0 Å². The Morgan fingerprint density at radius 3 is 2.40 bits per heavy atom. The monoisotopic (exact) mass is 271 g/mol. The Hall–Kier alpha value is -2.36. The molecule has 2 aromatic rings. The fraction of sp³-hybridized carbons (Fsp3) is 0.250. The van der Waals surface area contributed by atoms with Gasteiger partial charge in [-0.1, -0.05) is 37.6 Å². The van der Waals surface area contributed by atoms with Crippen molar-refractivity contribution in [1.82, 2.24) is 4.98 Å². The Morgan fingerprint density at radius 1 is 1.15 bits per heavy atom. The Bertz CT molecular complexity index is 561. The smallest absolute Gasteiger partial charge is 0.337 e. The molecule has 0 saturated heterocycles. The van der Waals surface area contributed by atoms with E-state index in [0.29, 0.717) is 12.5 Å². The zero-order valence-corrected chi connectivity index (χ0v) is 11.4. The Labute approximate surface area is 118 Å². The van der Waals surface area contributed by atoms with Crippen molar-refractivity contribution in [3.05, 3.63) is 59.3 Å². The summed E-state index contributed by atoms with van der Waals surface area (Å²) < 4.78 is 5.52. The minimum atomic E-state index is -0.990. The van der Waals surface area contributed by atoms with Gasteiger partial charge in [-0.2, -0.15) is 0 Å². The number of carbonyl (C=O) groups is 1. The van der Waals surface area contributed by atoms with Gasteiger partial charge >= 0.3 is 5.97 Å². The normalized spacial score (nSPS) is 10.2. The van der Waals surface area contributed by atoms with Crippen molar-refractivity contribution in [2.75, 3.05) is 0 Å². The first-order chi connectivity index (χ1) is 9.69. The molecule has 4 heteroatoms. The first kappa shape index (κ1) is 14.1. The molecule has 0 atom stereocenters. The van der Waals surface area contributed by atoms with Crippen molar-refractivity contribution in [3.8, 4) is 5.88 Å². The second-order valence-corrected chi connectivity index (χ2v) is 4.55. The van der Waals surface area contributed by atoms with Gasteiger partial charge < -0.3 is 9.84 Å². The van der Waals surface area contributed by atoms with Crippen molar-refractivity contribution in [2.45, 2.75) is 26.4 Å². The van der Waals surface area contributed by atoms with Crippen LogP contribution in [0.4, 0.5) is 0 Å². The summed E-state index contributed by atoms with van der Waals surface area (Å²) in [5.74, 6) is -0.566. The second kappa shape index (κ2) is 6.70. The average molecular weight is 271 g/mol. The first-order valence-corrected chi connectivity index (χ1v) is 6.59. The molecule has 0 unspecified atom stereocenters. The lowest BCUT2D eigenvalue weighted by atomic mass is 10.1. The maximum Gasteiger partial charge on any atom is 0.337 e. The zero-order chi connectivity index (χ0) is 14.4. The fourth-order valence-electron chi connectivity index (χ4n) is 1.84. The number of aryl methyl sites for hydroxylation is 1. The van der Waals surface area contributed by atoms with Gasteiger partial charge in [0.05, 0.1) is 5.56 Å².